The lowest BCUT2D eigenvalue weighted by atomic mass is 9.97. The van der Waals surface area contributed by atoms with Crippen molar-refractivity contribution in [3.63, 3.8) is 0 Å². The van der Waals surface area contributed by atoms with Gasteiger partial charge in [0.1, 0.15) is 18.1 Å². The van der Waals surface area contributed by atoms with Crippen molar-refractivity contribution in [3.8, 4) is 0 Å². The average Bonchev–Trinajstić information content (AvgIpc) is 2.70. The first-order valence-corrected chi connectivity index (χ1v) is 10.7. The fraction of sp³-hybridized carbons (Fsp3) is 0.737. The van der Waals surface area contributed by atoms with Gasteiger partial charge in [0.25, 0.3) is 0 Å². The van der Waals surface area contributed by atoms with Crippen LogP contribution >= 0.6 is 12.6 Å². The molecule has 0 rings (SSSR count). The summed E-state index contributed by atoms with van der Waals surface area (Å²) in [6, 6.07) is -4.47. The van der Waals surface area contributed by atoms with E-state index in [1.807, 2.05) is 0 Å². The van der Waals surface area contributed by atoms with Crippen LogP contribution in [0.5, 0.6) is 0 Å². The van der Waals surface area contributed by atoms with Crippen LogP contribution in [0.15, 0.2) is 0 Å². The highest BCUT2D eigenvalue weighted by atomic mass is 32.1. The second-order valence-electron chi connectivity index (χ2n) is 7.72. The van der Waals surface area contributed by atoms with E-state index in [0.29, 0.717) is 6.42 Å². The van der Waals surface area contributed by atoms with Crippen LogP contribution in [0.3, 0.4) is 0 Å². The summed E-state index contributed by atoms with van der Waals surface area (Å²) in [4.78, 5) is 59.9. The van der Waals surface area contributed by atoms with E-state index < -0.39 is 66.2 Å². The summed E-state index contributed by atoms with van der Waals surface area (Å²) in [5.41, 5.74) is 5.59. The molecule has 0 aliphatic rings. The predicted octanol–water partition coefficient (Wildman–Crippen LogP) is -0.651. The SMILES string of the molecule is CCC(C)C(NC(=O)C(NC(=O)C(CCC(=O)O)NC(=O)C(N)CS)C(C)C)C(=O)O. The summed E-state index contributed by atoms with van der Waals surface area (Å²) in [7, 11) is 0. The Morgan fingerprint density at radius 3 is 1.87 bits per heavy atom. The van der Waals surface area contributed by atoms with Crippen molar-refractivity contribution in [1.82, 2.24) is 16.0 Å². The third kappa shape index (κ3) is 10.0. The quantitative estimate of drug-likeness (QED) is 0.166. The highest BCUT2D eigenvalue weighted by molar-refractivity contribution is 7.80. The molecule has 12 heteroatoms. The number of carboxylic acid groups (broad SMARTS) is 2. The molecule has 178 valence electrons. The topological polar surface area (TPSA) is 188 Å². The number of thiol groups is 1. The van der Waals surface area contributed by atoms with E-state index >= 15 is 0 Å². The molecule has 7 N–H and O–H groups in total. The number of carbonyl (C=O) groups is 5. The van der Waals surface area contributed by atoms with Gasteiger partial charge in [0.15, 0.2) is 0 Å². The highest BCUT2D eigenvalue weighted by Gasteiger charge is 2.33. The average molecular weight is 463 g/mol. The minimum absolute atomic E-state index is 0.0162. The molecule has 31 heavy (non-hydrogen) atoms. The first-order chi connectivity index (χ1) is 14.3. The van der Waals surface area contributed by atoms with Crippen LogP contribution in [0.2, 0.25) is 0 Å². The standard InChI is InChI=1S/C19H34N4O7S/c1-5-10(4)15(19(29)30)23-18(28)14(9(2)3)22-17(27)12(6-7-13(24)25)21-16(26)11(20)8-31/h9-12,14-15,31H,5-8,20H2,1-4H3,(H,21,26)(H,22,27)(H,23,28)(H,24,25)(H,29,30). The van der Waals surface area contributed by atoms with E-state index in [1.54, 1.807) is 27.7 Å². The fourth-order valence-corrected chi connectivity index (χ4v) is 2.78. The highest BCUT2D eigenvalue weighted by Crippen LogP contribution is 2.11. The Morgan fingerprint density at radius 2 is 1.45 bits per heavy atom. The second-order valence-corrected chi connectivity index (χ2v) is 8.09. The molecule has 0 radical (unpaired) electrons. The second kappa shape index (κ2) is 13.9. The van der Waals surface area contributed by atoms with Gasteiger partial charge in [0, 0.05) is 12.2 Å². The molecule has 0 bridgehead atoms. The summed E-state index contributed by atoms with van der Waals surface area (Å²) in [6.45, 7) is 6.79. The van der Waals surface area contributed by atoms with E-state index in [0.717, 1.165) is 0 Å². The van der Waals surface area contributed by atoms with E-state index in [1.165, 1.54) is 0 Å². The number of nitrogens with two attached hydrogens (primary N) is 1. The lowest BCUT2D eigenvalue weighted by molar-refractivity contribution is -0.144. The van der Waals surface area contributed by atoms with Crippen molar-refractivity contribution >= 4 is 42.3 Å². The fourth-order valence-electron chi connectivity index (χ4n) is 2.61. The van der Waals surface area contributed by atoms with E-state index in [-0.39, 0.29) is 18.1 Å². The van der Waals surface area contributed by atoms with Crippen molar-refractivity contribution < 1.29 is 34.2 Å². The third-order valence-corrected chi connectivity index (χ3v) is 5.23. The van der Waals surface area contributed by atoms with E-state index in [4.69, 9.17) is 10.8 Å². The number of nitrogens with one attached hydrogen (secondary N) is 3. The number of rotatable bonds is 14. The normalized spacial score (nSPS) is 15.8. The lowest BCUT2D eigenvalue weighted by Gasteiger charge is -2.28. The molecule has 5 atom stereocenters. The van der Waals surface area contributed by atoms with Crippen LogP contribution in [0.25, 0.3) is 0 Å². The maximum atomic E-state index is 12.8. The third-order valence-electron chi connectivity index (χ3n) is 4.84. The van der Waals surface area contributed by atoms with Crippen molar-refractivity contribution in [3.05, 3.63) is 0 Å². The van der Waals surface area contributed by atoms with Gasteiger partial charge in [-0.3, -0.25) is 19.2 Å². The Balaban J connectivity index is 5.47. The van der Waals surface area contributed by atoms with Crippen molar-refractivity contribution in [2.75, 3.05) is 5.75 Å². The minimum atomic E-state index is -1.24. The molecule has 0 saturated heterocycles. The number of carboxylic acids is 2. The van der Waals surface area contributed by atoms with Gasteiger partial charge in [0.05, 0.1) is 6.04 Å². The molecule has 3 amide bonds. The summed E-state index contributed by atoms with van der Waals surface area (Å²) >= 11 is 3.91. The van der Waals surface area contributed by atoms with Crippen LogP contribution in [0.1, 0.15) is 47.0 Å². The molecule has 11 nitrogen and oxygen atoms in total. The molecular formula is C19H34N4O7S. The Hall–Kier alpha value is -2.34. The number of carbonyl (C=O) groups excluding carboxylic acids is 3. The monoisotopic (exact) mass is 462 g/mol. The molecule has 0 spiro atoms. The summed E-state index contributed by atoms with van der Waals surface area (Å²) in [5, 5.41) is 25.6. The van der Waals surface area contributed by atoms with Crippen molar-refractivity contribution in [2.45, 2.75) is 71.1 Å². The Morgan fingerprint density at radius 1 is 0.903 bits per heavy atom. The smallest absolute Gasteiger partial charge is 0.326 e. The van der Waals surface area contributed by atoms with Gasteiger partial charge in [-0.1, -0.05) is 34.1 Å². The van der Waals surface area contributed by atoms with Gasteiger partial charge >= 0.3 is 11.9 Å². The van der Waals surface area contributed by atoms with Gasteiger partial charge in [0.2, 0.25) is 17.7 Å². The molecule has 0 aliphatic carbocycles. The Kier molecular flexibility index (Phi) is 12.8. The summed E-state index contributed by atoms with van der Waals surface area (Å²) in [5.74, 6) is -5.24. The Bertz CT molecular complexity index is 659. The zero-order chi connectivity index (χ0) is 24.3. The molecule has 0 heterocycles. The zero-order valence-electron chi connectivity index (χ0n) is 18.3. The maximum absolute atomic E-state index is 12.8. The summed E-state index contributed by atoms with van der Waals surface area (Å²) < 4.78 is 0. The minimum Gasteiger partial charge on any atom is -0.481 e. The van der Waals surface area contributed by atoms with Crippen LogP contribution in [0, 0.1) is 11.8 Å². The van der Waals surface area contributed by atoms with Crippen LogP contribution in [0.4, 0.5) is 0 Å². The van der Waals surface area contributed by atoms with Crippen LogP contribution in [-0.2, 0) is 24.0 Å². The number of amides is 3. The first kappa shape index (κ1) is 28.7. The van der Waals surface area contributed by atoms with Gasteiger partial charge in [-0.05, 0) is 18.3 Å². The van der Waals surface area contributed by atoms with Gasteiger partial charge in [-0.15, -0.1) is 0 Å². The first-order valence-electron chi connectivity index (χ1n) is 10.1. The van der Waals surface area contributed by atoms with Crippen molar-refractivity contribution in [2.24, 2.45) is 17.6 Å². The number of hydrogen-bond acceptors (Lipinski definition) is 7. The van der Waals surface area contributed by atoms with Crippen LogP contribution < -0.4 is 21.7 Å². The molecule has 0 fully saturated rings. The largest absolute Gasteiger partial charge is 0.481 e. The maximum Gasteiger partial charge on any atom is 0.326 e. The molecule has 0 aromatic heterocycles. The molecule has 0 aliphatic heterocycles. The van der Waals surface area contributed by atoms with E-state index in [2.05, 4.69) is 28.6 Å². The van der Waals surface area contributed by atoms with E-state index in [9.17, 15) is 29.1 Å². The Labute approximate surface area is 187 Å². The molecule has 0 aromatic rings. The summed E-state index contributed by atoms with van der Waals surface area (Å²) in [6.07, 6.45) is -0.101. The van der Waals surface area contributed by atoms with Crippen molar-refractivity contribution in [1.29, 1.82) is 0 Å². The zero-order valence-corrected chi connectivity index (χ0v) is 19.1. The number of hydrogen-bond donors (Lipinski definition) is 7. The number of aliphatic carboxylic acids is 2. The molecule has 0 aromatic carbocycles. The van der Waals surface area contributed by atoms with Gasteiger partial charge in [-0.2, -0.15) is 12.6 Å². The molecule has 0 saturated carbocycles. The van der Waals surface area contributed by atoms with Gasteiger partial charge < -0.3 is 31.9 Å². The lowest BCUT2D eigenvalue weighted by Crippen LogP contribution is -2.59. The van der Waals surface area contributed by atoms with Crippen LogP contribution in [-0.4, -0.2) is 69.8 Å². The molecular weight excluding hydrogens is 428 g/mol. The predicted molar refractivity (Wildman–Crippen MR) is 116 cm³/mol. The van der Waals surface area contributed by atoms with Gasteiger partial charge in [-0.25, -0.2) is 4.79 Å². The molecule has 5 unspecified atom stereocenters.